The number of ether oxygens (including phenoxy) is 2. The summed E-state index contributed by atoms with van der Waals surface area (Å²) in [7, 11) is 3.16. The zero-order chi connectivity index (χ0) is 16.3. The molecule has 1 aromatic rings. The molecule has 1 aliphatic rings. The fraction of sp³-hybridized carbons (Fsp3) is 0.750. The summed E-state index contributed by atoms with van der Waals surface area (Å²) in [6.07, 6.45) is 0.941. The maximum absolute atomic E-state index is 11.1. The predicted molar refractivity (Wildman–Crippen MR) is 76.1 cm³/mol. The van der Waals surface area contributed by atoms with E-state index in [4.69, 9.17) is 15.0 Å². The number of aryl methyl sites for hydroxylation is 1. The van der Waals surface area contributed by atoms with Gasteiger partial charge in [-0.1, -0.05) is 5.11 Å². The molecule has 120 valence electrons. The van der Waals surface area contributed by atoms with Crippen LogP contribution in [-0.4, -0.2) is 40.1 Å². The van der Waals surface area contributed by atoms with Gasteiger partial charge >= 0.3 is 5.69 Å². The molecule has 0 aromatic carbocycles. The fourth-order valence-corrected chi connectivity index (χ4v) is 2.89. The van der Waals surface area contributed by atoms with Gasteiger partial charge in [0.2, 0.25) is 0 Å². The highest BCUT2D eigenvalue weighted by Gasteiger charge is 2.37. The third-order valence-electron chi connectivity index (χ3n) is 3.88. The van der Waals surface area contributed by atoms with Crippen LogP contribution >= 0.6 is 0 Å². The van der Waals surface area contributed by atoms with Crippen molar-refractivity contribution in [2.24, 2.45) is 12.2 Å². The SMILES string of the molecule is CO[C@@H]1[C@H](C)O[C@H](c2c([N+](=O)[O-])cnn2C)CC[C@H]1N=[N+]=[N-]. The Kier molecular flexibility index (Phi) is 4.96. The number of nitro groups is 1. The Morgan fingerprint density at radius 1 is 1.64 bits per heavy atom. The highest BCUT2D eigenvalue weighted by atomic mass is 16.6. The zero-order valence-electron chi connectivity index (χ0n) is 12.6. The second-order valence-corrected chi connectivity index (χ2v) is 5.18. The highest BCUT2D eigenvalue weighted by Crippen LogP contribution is 2.36. The lowest BCUT2D eigenvalue weighted by Gasteiger charge is -2.25. The Morgan fingerprint density at radius 2 is 2.36 bits per heavy atom. The van der Waals surface area contributed by atoms with Crippen LogP contribution in [0.3, 0.4) is 0 Å². The van der Waals surface area contributed by atoms with Gasteiger partial charge in [-0.05, 0) is 25.3 Å². The van der Waals surface area contributed by atoms with Crippen molar-refractivity contribution in [1.29, 1.82) is 0 Å². The first-order chi connectivity index (χ1) is 10.5. The van der Waals surface area contributed by atoms with Gasteiger partial charge < -0.3 is 9.47 Å². The van der Waals surface area contributed by atoms with E-state index in [1.54, 1.807) is 14.0 Å². The molecule has 0 saturated carbocycles. The molecular weight excluding hydrogens is 292 g/mol. The van der Waals surface area contributed by atoms with Crippen LogP contribution in [0.15, 0.2) is 11.3 Å². The number of aromatic nitrogens is 2. The van der Waals surface area contributed by atoms with Gasteiger partial charge in [-0.15, -0.1) is 0 Å². The van der Waals surface area contributed by atoms with Crippen molar-refractivity contribution in [3.05, 3.63) is 32.4 Å². The van der Waals surface area contributed by atoms with Crippen LogP contribution in [0, 0.1) is 10.1 Å². The van der Waals surface area contributed by atoms with E-state index in [0.29, 0.717) is 18.5 Å². The maximum atomic E-state index is 11.1. The molecule has 22 heavy (non-hydrogen) atoms. The van der Waals surface area contributed by atoms with Crippen molar-refractivity contribution in [1.82, 2.24) is 9.78 Å². The van der Waals surface area contributed by atoms with Crippen LogP contribution in [0.4, 0.5) is 5.69 Å². The van der Waals surface area contributed by atoms with Crippen molar-refractivity contribution in [3.8, 4) is 0 Å². The van der Waals surface area contributed by atoms with Gasteiger partial charge in [-0.25, -0.2) is 0 Å². The maximum Gasteiger partial charge on any atom is 0.312 e. The number of hydrogen-bond donors (Lipinski definition) is 0. The Balaban J connectivity index is 2.33. The smallest absolute Gasteiger partial charge is 0.312 e. The van der Waals surface area contributed by atoms with Crippen molar-refractivity contribution >= 4 is 5.69 Å². The summed E-state index contributed by atoms with van der Waals surface area (Å²) in [5.41, 5.74) is 9.02. The first-order valence-electron chi connectivity index (χ1n) is 6.88. The summed E-state index contributed by atoms with van der Waals surface area (Å²) in [6.45, 7) is 1.80. The third kappa shape index (κ3) is 3.03. The average molecular weight is 310 g/mol. The number of rotatable bonds is 4. The van der Waals surface area contributed by atoms with E-state index in [9.17, 15) is 10.1 Å². The molecule has 0 radical (unpaired) electrons. The number of azide groups is 1. The molecule has 4 atom stereocenters. The molecule has 2 heterocycles. The second-order valence-electron chi connectivity index (χ2n) is 5.18. The van der Waals surface area contributed by atoms with Crippen LogP contribution in [0.5, 0.6) is 0 Å². The Labute approximate surface area is 126 Å². The minimum atomic E-state index is -0.501. The van der Waals surface area contributed by atoms with Gasteiger partial charge in [0.15, 0.2) is 0 Å². The minimum Gasteiger partial charge on any atom is -0.378 e. The van der Waals surface area contributed by atoms with E-state index in [1.807, 2.05) is 0 Å². The molecule has 1 aromatic heterocycles. The van der Waals surface area contributed by atoms with E-state index in [2.05, 4.69) is 15.1 Å². The van der Waals surface area contributed by atoms with Gasteiger partial charge in [-0.2, -0.15) is 5.10 Å². The van der Waals surface area contributed by atoms with E-state index in [-0.39, 0.29) is 17.8 Å². The monoisotopic (exact) mass is 310 g/mol. The molecule has 2 rings (SSSR count). The normalized spacial score (nSPS) is 28.7. The van der Waals surface area contributed by atoms with Crippen molar-refractivity contribution in [2.45, 2.75) is 44.1 Å². The van der Waals surface area contributed by atoms with Crippen LogP contribution < -0.4 is 0 Å². The lowest BCUT2D eigenvalue weighted by atomic mass is 10.0. The predicted octanol–water partition coefficient (Wildman–Crippen LogP) is 2.26. The highest BCUT2D eigenvalue weighted by molar-refractivity contribution is 5.35. The molecule has 0 spiro atoms. The zero-order valence-corrected chi connectivity index (χ0v) is 12.6. The van der Waals surface area contributed by atoms with Crippen LogP contribution in [0.2, 0.25) is 0 Å². The minimum absolute atomic E-state index is 0.0732. The van der Waals surface area contributed by atoms with E-state index >= 15 is 0 Å². The summed E-state index contributed by atoms with van der Waals surface area (Å²) in [5.74, 6) is 0. The van der Waals surface area contributed by atoms with Crippen molar-refractivity contribution in [3.63, 3.8) is 0 Å². The van der Waals surface area contributed by atoms with Gasteiger partial charge in [0, 0.05) is 19.1 Å². The lowest BCUT2D eigenvalue weighted by molar-refractivity contribution is -0.386. The molecule has 0 bridgehead atoms. The number of hydrogen-bond acceptors (Lipinski definition) is 6. The topological polar surface area (TPSA) is 128 Å². The summed E-state index contributed by atoms with van der Waals surface area (Å²) in [5, 5.41) is 18.8. The Bertz CT molecular complexity index is 596. The first kappa shape index (κ1) is 16.2. The molecule has 0 N–H and O–H groups in total. The van der Waals surface area contributed by atoms with E-state index < -0.39 is 17.1 Å². The van der Waals surface area contributed by atoms with Gasteiger partial charge in [0.1, 0.15) is 18.0 Å². The average Bonchev–Trinajstić information content (AvgIpc) is 2.78. The van der Waals surface area contributed by atoms with Crippen LogP contribution in [0.1, 0.15) is 31.6 Å². The van der Waals surface area contributed by atoms with Gasteiger partial charge in [0.25, 0.3) is 0 Å². The second kappa shape index (κ2) is 6.73. The summed E-state index contributed by atoms with van der Waals surface area (Å²) in [6, 6.07) is -0.373. The van der Waals surface area contributed by atoms with Gasteiger partial charge in [0.05, 0.1) is 23.2 Å². The summed E-state index contributed by atoms with van der Waals surface area (Å²) >= 11 is 0. The molecule has 1 saturated heterocycles. The van der Waals surface area contributed by atoms with Gasteiger partial charge in [-0.3, -0.25) is 14.8 Å². The van der Waals surface area contributed by atoms with E-state index in [0.717, 1.165) is 0 Å². The number of nitrogens with zero attached hydrogens (tertiary/aromatic N) is 6. The van der Waals surface area contributed by atoms with Crippen molar-refractivity contribution in [2.75, 3.05) is 7.11 Å². The Morgan fingerprint density at radius 3 is 2.95 bits per heavy atom. The lowest BCUT2D eigenvalue weighted by Crippen LogP contribution is -2.36. The molecule has 0 amide bonds. The molecule has 1 fully saturated rings. The molecular formula is C12H18N6O4. The largest absolute Gasteiger partial charge is 0.378 e. The summed E-state index contributed by atoms with van der Waals surface area (Å²) < 4.78 is 12.8. The van der Waals surface area contributed by atoms with Crippen molar-refractivity contribution < 1.29 is 14.4 Å². The standard InChI is InChI=1S/C12H18N6O4/c1-7-12(21-3)8(15-16-13)4-5-10(22-7)11-9(18(19)20)6-14-17(11)2/h6-8,10,12H,4-5H2,1-3H3/t7-,8+,10-,12+/m0/s1. The summed E-state index contributed by atoms with van der Waals surface area (Å²) in [4.78, 5) is 13.5. The third-order valence-corrected chi connectivity index (χ3v) is 3.88. The van der Waals surface area contributed by atoms with Crippen LogP contribution in [-0.2, 0) is 16.5 Å². The number of methoxy groups -OCH3 is 1. The quantitative estimate of drug-likeness (QED) is 0.277. The van der Waals surface area contributed by atoms with Crippen LogP contribution in [0.25, 0.3) is 10.4 Å². The molecule has 0 aliphatic carbocycles. The molecule has 1 aliphatic heterocycles. The molecule has 0 unspecified atom stereocenters. The fourth-order valence-electron chi connectivity index (χ4n) is 2.89. The molecule has 10 heteroatoms. The van der Waals surface area contributed by atoms with E-state index in [1.165, 1.54) is 18.0 Å². The first-order valence-corrected chi connectivity index (χ1v) is 6.88. The molecule has 10 nitrogen and oxygen atoms in total. The Hall–Kier alpha value is -2.16.